The molecule has 0 saturated heterocycles. The number of fused-ring (bicyclic) bond motifs is 1. The van der Waals surface area contributed by atoms with Gasteiger partial charge in [0.1, 0.15) is 0 Å². The summed E-state index contributed by atoms with van der Waals surface area (Å²) < 4.78 is 0. The zero-order valence-corrected chi connectivity index (χ0v) is 8.70. The van der Waals surface area contributed by atoms with Crippen molar-refractivity contribution in [1.29, 1.82) is 0 Å². The van der Waals surface area contributed by atoms with Crippen LogP contribution in [0.2, 0.25) is 0 Å². The van der Waals surface area contributed by atoms with Gasteiger partial charge in [-0.3, -0.25) is 4.79 Å². The standard InChI is InChI=1S/C12H16N2O/c13-8-12(15)14-11-7-3-5-9-4-1-2-6-10(9)11/h1-2,4,6,11H,3,5,7-8,13H2,(H,14,15). The summed E-state index contributed by atoms with van der Waals surface area (Å²) in [7, 11) is 0. The minimum absolute atomic E-state index is 0.0681. The van der Waals surface area contributed by atoms with Crippen molar-refractivity contribution in [2.24, 2.45) is 5.73 Å². The Hall–Kier alpha value is -1.35. The molecule has 3 N–H and O–H groups in total. The van der Waals surface area contributed by atoms with Gasteiger partial charge in [-0.25, -0.2) is 0 Å². The molecule has 1 atom stereocenters. The van der Waals surface area contributed by atoms with Crippen molar-refractivity contribution in [1.82, 2.24) is 5.32 Å². The molecule has 1 unspecified atom stereocenters. The second kappa shape index (κ2) is 4.45. The molecule has 0 radical (unpaired) electrons. The molecule has 1 aliphatic rings. The van der Waals surface area contributed by atoms with E-state index in [-0.39, 0.29) is 18.5 Å². The summed E-state index contributed by atoms with van der Waals surface area (Å²) in [5.41, 5.74) is 7.91. The van der Waals surface area contributed by atoms with Crippen LogP contribution in [0.25, 0.3) is 0 Å². The van der Waals surface area contributed by atoms with E-state index in [0.717, 1.165) is 19.3 Å². The second-order valence-corrected chi connectivity index (χ2v) is 3.92. The average molecular weight is 204 g/mol. The summed E-state index contributed by atoms with van der Waals surface area (Å²) in [5, 5.41) is 2.96. The smallest absolute Gasteiger partial charge is 0.234 e. The Balaban J connectivity index is 2.18. The molecule has 0 bridgehead atoms. The van der Waals surface area contributed by atoms with Crippen LogP contribution in [0.3, 0.4) is 0 Å². The van der Waals surface area contributed by atoms with Crippen LogP contribution in [0, 0.1) is 0 Å². The van der Waals surface area contributed by atoms with Gasteiger partial charge in [0.25, 0.3) is 0 Å². The average Bonchev–Trinajstić information content (AvgIpc) is 2.29. The Morgan fingerprint density at radius 1 is 1.47 bits per heavy atom. The fourth-order valence-electron chi connectivity index (χ4n) is 2.16. The first-order valence-electron chi connectivity index (χ1n) is 5.38. The summed E-state index contributed by atoms with van der Waals surface area (Å²) in [6.45, 7) is 0.0681. The number of carbonyl (C=O) groups is 1. The van der Waals surface area contributed by atoms with Gasteiger partial charge in [-0.2, -0.15) is 0 Å². The molecular formula is C12H16N2O. The Labute approximate surface area is 89.7 Å². The zero-order chi connectivity index (χ0) is 10.7. The van der Waals surface area contributed by atoms with Crippen LogP contribution >= 0.6 is 0 Å². The molecular weight excluding hydrogens is 188 g/mol. The number of hydrogen-bond acceptors (Lipinski definition) is 2. The van der Waals surface area contributed by atoms with Crippen LogP contribution in [0.1, 0.15) is 30.0 Å². The number of carbonyl (C=O) groups excluding carboxylic acids is 1. The highest BCUT2D eigenvalue weighted by atomic mass is 16.1. The van der Waals surface area contributed by atoms with Crippen molar-refractivity contribution < 1.29 is 4.79 Å². The van der Waals surface area contributed by atoms with Crippen LogP contribution in [-0.4, -0.2) is 12.5 Å². The molecule has 1 aromatic carbocycles. The number of benzene rings is 1. The van der Waals surface area contributed by atoms with E-state index in [0.29, 0.717) is 0 Å². The molecule has 1 aromatic rings. The van der Waals surface area contributed by atoms with Crippen LogP contribution in [-0.2, 0) is 11.2 Å². The SMILES string of the molecule is NCC(=O)NC1CCCc2ccccc21. The van der Waals surface area contributed by atoms with E-state index in [9.17, 15) is 4.79 Å². The Bertz CT molecular complexity index is 362. The van der Waals surface area contributed by atoms with E-state index < -0.39 is 0 Å². The van der Waals surface area contributed by atoms with Crippen molar-refractivity contribution in [2.45, 2.75) is 25.3 Å². The topological polar surface area (TPSA) is 55.1 Å². The highest BCUT2D eigenvalue weighted by molar-refractivity contribution is 5.78. The van der Waals surface area contributed by atoms with Gasteiger partial charge in [-0.15, -0.1) is 0 Å². The predicted molar refractivity (Wildman–Crippen MR) is 59.3 cm³/mol. The maximum absolute atomic E-state index is 11.3. The predicted octanol–water partition coefficient (Wildman–Crippen LogP) is 1.14. The van der Waals surface area contributed by atoms with Gasteiger partial charge >= 0.3 is 0 Å². The van der Waals surface area contributed by atoms with Gasteiger partial charge in [-0.1, -0.05) is 24.3 Å². The Morgan fingerprint density at radius 3 is 3.07 bits per heavy atom. The fraction of sp³-hybridized carbons (Fsp3) is 0.417. The van der Waals surface area contributed by atoms with E-state index in [1.165, 1.54) is 11.1 Å². The van der Waals surface area contributed by atoms with Crippen molar-refractivity contribution in [3.05, 3.63) is 35.4 Å². The van der Waals surface area contributed by atoms with E-state index in [4.69, 9.17) is 5.73 Å². The first-order chi connectivity index (χ1) is 7.31. The largest absolute Gasteiger partial charge is 0.348 e. The third kappa shape index (κ3) is 2.18. The third-order valence-electron chi connectivity index (χ3n) is 2.89. The maximum atomic E-state index is 11.3. The van der Waals surface area contributed by atoms with Crippen LogP contribution < -0.4 is 11.1 Å². The van der Waals surface area contributed by atoms with Crippen LogP contribution in [0.5, 0.6) is 0 Å². The molecule has 80 valence electrons. The molecule has 0 spiro atoms. The summed E-state index contributed by atoms with van der Waals surface area (Å²) >= 11 is 0. The lowest BCUT2D eigenvalue weighted by atomic mass is 9.88. The number of rotatable bonds is 2. The van der Waals surface area contributed by atoms with Crippen LogP contribution in [0.15, 0.2) is 24.3 Å². The summed E-state index contributed by atoms with van der Waals surface area (Å²) in [5.74, 6) is -0.0725. The van der Waals surface area contributed by atoms with Crippen molar-refractivity contribution in [3.8, 4) is 0 Å². The second-order valence-electron chi connectivity index (χ2n) is 3.92. The quantitative estimate of drug-likeness (QED) is 0.759. The maximum Gasteiger partial charge on any atom is 0.234 e. The minimum atomic E-state index is -0.0725. The number of hydrogen-bond donors (Lipinski definition) is 2. The monoisotopic (exact) mass is 204 g/mol. The third-order valence-corrected chi connectivity index (χ3v) is 2.89. The number of nitrogens with two attached hydrogens (primary N) is 1. The Kier molecular flexibility index (Phi) is 3.02. The molecule has 1 amide bonds. The number of amides is 1. The van der Waals surface area contributed by atoms with Crippen LogP contribution in [0.4, 0.5) is 0 Å². The Morgan fingerprint density at radius 2 is 2.27 bits per heavy atom. The van der Waals surface area contributed by atoms with Gasteiger partial charge in [0.05, 0.1) is 12.6 Å². The molecule has 0 aliphatic heterocycles. The molecule has 0 aromatic heterocycles. The normalized spacial score (nSPS) is 19.4. The molecule has 3 nitrogen and oxygen atoms in total. The lowest BCUT2D eigenvalue weighted by molar-refractivity contribution is -0.120. The molecule has 0 fully saturated rings. The van der Waals surface area contributed by atoms with Gasteiger partial charge in [-0.05, 0) is 30.4 Å². The van der Waals surface area contributed by atoms with E-state index in [2.05, 4.69) is 17.4 Å². The van der Waals surface area contributed by atoms with Gasteiger partial charge in [0.15, 0.2) is 0 Å². The summed E-state index contributed by atoms with van der Waals surface area (Å²) in [4.78, 5) is 11.3. The van der Waals surface area contributed by atoms with Gasteiger partial charge < -0.3 is 11.1 Å². The molecule has 0 heterocycles. The number of nitrogens with one attached hydrogen (secondary N) is 1. The molecule has 15 heavy (non-hydrogen) atoms. The summed E-state index contributed by atoms with van der Waals surface area (Å²) in [6.07, 6.45) is 3.26. The molecule has 1 aliphatic carbocycles. The van der Waals surface area contributed by atoms with Gasteiger partial charge in [0, 0.05) is 0 Å². The fourth-order valence-corrected chi connectivity index (χ4v) is 2.16. The summed E-state index contributed by atoms with van der Waals surface area (Å²) in [6, 6.07) is 8.45. The zero-order valence-electron chi connectivity index (χ0n) is 8.70. The van der Waals surface area contributed by atoms with E-state index in [1.54, 1.807) is 0 Å². The van der Waals surface area contributed by atoms with Crippen molar-refractivity contribution in [2.75, 3.05) is 6.54 Å². The number of aryl methyl sites for hydroxylation is 1. The minimum Gasteiger partial charge on any atom is -0.348 e. The first kappa shape index (κ1) is 10.2. The molecule has 3 heteroatoms. The first-order valence-corrected chi connectivity index (χ1v) is 5.38. The lowest BCUT2D eigenvalue weighted by Crippen LogP contribution is -2.35. The lowest BCUT2D eigenvalue weighted by Gasteiger charge is -2.26. The van der Waals surface area contributed by atoms with Crippen molar-refractivity contribution >= 4 is 5.91 Å². The highest BCUT2D eigenvalue weighted by Crippen LogP contribution is 2.29. The molecule has 2 rings (SSSR count). The van der Waals surface area contributed by atoms with E-state index in [1.807, 2.05) is 12.1 Å². The highest BCUT2D eigenvalue weighted by Gasteiger charge is 2.20. The van der Waals surface area contributed by atoms with Gasteiger partial charge in [0.2, 0.25) is 5.91 Å². The molecule has 0 saturated carbocycles. The van der Waals surface area contributed by atoms with E-state index >= 15 is 0 Å². The van der Waals surface area contributed by atoms with Crippen molar-refractivity contribution in [3.63, 3.8) is 0 Å².